The Hall–Kier alpha value is -2.13. The van der Waals surface area contributed by atoms with Crippen LogP contribution in [0.1, 0.15) is 0 Å². The van der Waals surface area contributed by atoms with Gasteiger partial charge in [0, 0.05) is 5.39 Å². The number of fused-ring (bicyclic) bond motifs is 2. The normalized spacial score (nSPS) is 11.3. The molecule has 0 aliphatic heterocycles. The monoisotopic (exact) mass is 250 g/mol. The molecule has 0 aliphatic carbocycles. The molecule has 2 aromatic heterocycles. The van der Waals surface area contributed by atoms with E-state index in [-0.39, 0.29) is 0 Å². The number of benzene rings is 2. The molecule has 0 N–H and O–H groups in total. The maximum absolute atomic E-state index is 5.44. The zero-order valence-electron chi connectivity index (χ0n) is 9.38. The van der Waals surface area contributed by atoms with Crippen molar-refractivity contribution in [1.29, 1.82) is 0 Å². The van der Waals surface area contributed by atoms with Crippen LogP contribution in [0.25, 0.3) is 31.8 Å². The van der Waals surface area contributed by atoms with Crippen molar-refractivity contribution in [2.75, 3.05) is 0 Å². The summed E-state index contributed by atoms with van der Waals surface area (Å²) >= 11 is 1.67. The van der Waals surface area contributed by atoms with E-state index in [1.165, 1.54) is 4.70 Å². The van der Waals surface area contributed by atoms with Crippen LogP contribution in [0.5, 0.6) is 0 Å². The fourth-order valence-corrected chi connectivity index (χ4v) is 3.03. The molecule has 4 rings (SSSR count). The Morgan fingerprint density at radius 1 is 1.00 bits per heavy atom. The first-order chi connectivity index (χ1) is 8.92. The number of thiazole rings is 1. The molecule has 2 nitrogen and oxygen atoms in total. The van der Waals surface area contributed by atoms with Crippen LogP contribution in [0.15, 0.2) is 52.9 Å². The van der Waals surface area contributed by atoms with E-state index in [2.05, 4.69) is 17.3 Å². The lowest BCUT2D eigenvalue weighted by Gasteiger charge is -1.89. The zero-order chi connectivity index (χ0) is 11.9. The van der Waals surface area contributed by atoms with Crippen molar-refractivity contribution in [2.24, 2.45) is 0 Å². The molecule has 4 aromatic rings. The predicted octanol–water partition coefficient (Wildman–Crippen LogP) is 4.51. The summed E-state index contributed by atoms with van der Waals surface area (Å²) in [7, 11) is 0. The molecule has 3 heteroatoms. The summed E-state index contributed by atoms with van der Waals surface area (Å²) in [4.78, 5) is 4.63. The predicted molar refractivity (Wildman–Crippen MR) is 73.7 cm³/mol. The van der Waals surface area contributed by atoms with Crippen LogP contribution in [-0.2, 0) is 0 Å². The second-order valence-corrected chi connectivity index (χ2v) is 5.09. The third-order valence-corrected chi connectivity index (χ3v) is 3.98. The van der Waals surface area contributed by atoms with Crippen LogP contribution in [0.2, 0.25) is 0 Å². The smallest absolute Gasteiger partial charge is 0.181 e. The second-order valence-electron chi connectivity index (χ2n) is 4.06. The van der Waals surface area contributed by atoms with Gasteiger partial charge in [-0.3, -0.25) is 0 Å². The Labute approximate surface area is 108 Å². The van der Waals surface area contributed by atoms with E-state index in [1.807, 2.05) is 42.5 Å². The second kappa shape index (κ2) is 3.68. The summed E-state index contributed by atoms with van der Waals surface area (Å²) in [6.45, 7) is 0. The molecule has 2 heterocycles. The van der Waals surface area contributed by atoms with Crippen LogP contribution >= 0.6 is 11.3 Å². The Balaban J connectivity index is 2.01. The summed E-state index contributed by atoms with van der Waals surface area (Å²) in [5, 5.41) is 2.03. The molecule has 0 saturated heterocycles. The molecule has 1 radical (unpaired) electrons. The minimum Gasteiger partial charge on any atom is -0.452 e. The first kappa shape index (κ1) is 9.85. The number of rotatable bonds is 1. The molecular weight excluding hydrogens is 242 g/mol. The van der Waals surface area contributed by atoms with Crippen molar-refractivity contribution in [3.63, 3.8) is 0 Å². The average molecular weight is 250 g/mol. The molecule has 0 unspecified atom stereocenters. The van der Waals surface area contributed by atoms with E-state index in [0.717, 1.165) is 27.1 Å². The fraction of sp³-hybridized carbons (Fsp3) is 0. The maximum atomic E-state index is 5.44. The van der Waals surface area contributed by atoms with Gasteiger partial charge in [0.2, 0.25) is 0 Å². The minimum absolute atomic E-state index is 0.853. The van der Waals surface area contributed by atoms with Gasteiger partial charge in [0.1, 0.15) is 10.6 Å². The van der Waals surface area contributed by atoms with Crippen LogP contribution < -0.4 is 0 Å². The summed E-state index contributed by atoms with van der Waals surface area (Å²) in [5.74, 6) is 0. The van der Waals surface area contributed by atoms with Gasteiger partial charge >= 0.3 is 0 Å². The van der Waals surface area contributed by atoms with E-state index in [1.54, 1.807) is 11.3 Å². The van der Waals surface area contributed by atoms with E-state index >= 15 is 0 Å². The van der Waals surface area contributed by atoms with E-state index in [0.29, 0.717) is 0 Å². The third-order valence-electron chi connectivity index (χ3n) is 2.93. The lowest BCUT2D eigenvalue weighted by atomic mass is 10.2. The molecule has 0 amide bonds. The van der Waals surface area contributed by atoms with Crippen molar-refractivity contribution < 1.29 is 4.42 Å². The maximum Gasteiger partial charge on any atom is 0.181 e. The van der Waals surface area contributed by atoms with Gasteiger partial charge in [-0.05, 0) is 18.2 Å². The van der Waals surface area contributed by atoms with E-state index < -0.39 is 0 Å². The molecule has 0 spiro atoms. The molecule has 85 valence electrons. The number of hydrogen-bond donors (Lipinski definition) is 0. The molecule has 2 aromatic carbocycles. The van der Waals surface area contributed by atoms with Crippen molar-refractivity contribution in [3.8, 4) is 10.6 Å². The largest absolute Gasteiger partial charge is 0.452 e. The summed E-state index contributed by atoms with van der Waals surface area (Å²) in [6.07, 6.45) is 2.96. The van der Waals surface area contributed by atoms with Gasteiger partial charge in [-0.2, -0.15) is 0 Å². The number of para-hydroxylation sites is 2. The van der Waals surface area contributed by atoms with Crippen LogP contribution in [0.3, 0.4) is 0 Å². The third kappa shape index (κ3) is 1.38. The SMILES string of the molecule is [c]1oc2ccccc2c1-c1nc2ccccc2s1. The molecule has 0 atom stereocenters. The van der Waals surface area contributed by atoms with Crippen molar-refractivity contribution >= 4 is 32.5 Å². The Kier molecular flexibility index (Phi) is 2.02. The number of nitrogens with zero attached hydrogens (tertiary/aromatic N) is 1. The number of hydrogen-bond acceptors (Lipinski definition) is 3. The topological polar surface area (TPSA) is 26.0 Å². The average Bonchev–Trinajstić information content (AvgIpc) is 3.02. The molecule has 0 fully saturated rings. The lowest BCUT2D eigenvalue weighted by molar-refractivity contribution is 0.607. The lowest BCUT2D eigenvalue weighted by Crippen LogP contribution is -1.72. The standard InChI is InChI=1S/C15H8NOS/c1-3-7-13-10(5-1)11(9-17-13)15-16-12-6-2-4-8-14(12)18-15/h1-8H. The van der Waals surface area contributed by atoms with Crippen LogP contribution in [0.4, 0.5) is 0 Å². The quantitative estimate of drug-likeness (QED) is 0.496. The Morgan fingerprint density at radius 3 is 2.78 bits per heavy atom. The Bertz CT molecular complexity index is 811. The van der Waals surface area contributed by atoms with Crippen LogP contribution in [0, 0.1) is 6.26 Å². The van der Waals surface area contributed by atoms with Gasteiger partial charge in [0.25, 0.3) is 0 Å². The van der Waals surface area contributed by atoms with Gasteiger partial charge < -0.3 is 4.42 Å². The fourth-order valence-electron chi connectivity index (χ4n) is 2.06. The van der Waals surface area contributed by atoms with Gasteiger partial charge in [0.05, 0.1) is 15.8 Å². The highest BCUT2D eigenvalue weighted by Crippen LogP contribution is 2.35. The van der Waals surface area contributed by atoms with Crippen molar-refractivity contribution in [1.82, 2.24) is 4.98 Å². The van der Waals surface area contributed by atoms with Crippen molar-refractivity contribution in [2.45, 2.75) is 0 Å². The molecular formula is C15H8NOS. The molecule has 0 aliphatic rings. The summed E-state index contributed by atoms with van der Waals surface area (Å²) in [5.41, 5.74) is 2.83. The zero-order valence-corrected chi connectivity index (χ0v) is 10.2. The van der Waals surface area contributed by atoms with Gasteiger partial charge in [-0.15, -0.1) is 11.3 Å². The molecule has 0 saturated carbocycles. The van der Waals surface area contributed by atoms with Gasteiger partial charge in [-0.1, -0.05) is 30.3 Å². The van der Waals surface area contributed by atoms with Gasteiger partial charge in [-0.25, -0.2) is 4.98 Å². The first-order valence-corrected chi connectivity index (χ1v) is 6.48. The van der Waals surface area contributed by atoms with Crippen molar-refractivity contribution in [3.05, 3.63) is 54.8 Å². The minimum atomic E-state index is 0.853. The Morgan fingerprint density at radius 2 is 1.83 bits per heavy atom. The van der Waals surface area contributed by atoms with Crippen LogP contribution in [-0.4, -0.2) is 4.98 Å². The highest BCUT2D eigenvalue weighted by molar-refractivity contribution is 7.21. The summed E-state index contributed by atoms with van der Waals surface area (Å²) < 4.78 is 6.63. The number of aromatic nitrogens is 1. The summed E-state index contributed by atoms with van der Waals surface area (Å²) in [6, 6.07) is 16.1. The molecule has 0 bridgehead atoms. The first-order valence-electron chi connectivity index (χ1n) is 5.67. The molecule has 18 heavy (non-hydrogen) atoms. The highest BCUT2D eigenvalue weighted by atomic mass is 32.1. The van der Waals surface area contributed by atoms with E-state index in [9.17, 15) is 0 Å². The van der Waals surface area contributed by atoms with Gasteiger partial charge in [0.15, 0.2) is 6.26 Å². The number of furan rings is 1. The highest BCUT2D eigenvalue weighted by Gasteiger charge is 2.12. The van der Waals surface area contributed by atoms with E-state index in [4.69, 9.17) is 4.42 Å².